The predicted molar refractivity (Wildman–Crippen MR) is 82.1 cm³/mol. The summed E-state index contributed by atoms with van der Waals surface area (Å²) in [5, 5.41) is 6.98. The monoisotopic (exact) mass is 316 g/mol. The van der Waals surface area contributed by atoms with Crippen molar-refractivity contribution in [2.45, 2.75) is 58.5 Å². The highest BCUT2D eigenvalue weighted by atomic mass is 35.5. The lowest BCUT2D eigenvalue weighted by Crippen LogP contribution is -2.41. The maximum atomic E-state index is 12.1. The van der Waals surface area contributed by atoms with Crippen LogP contribution in [-0.4, -0.2) is 22.1 Å². The Hall–Kier alpha value is -1.14. The highest BCUT2D eigenvalue weighted by Gasteiger charge is 2.32. The van der Waals surface area contributed by atoms with Crippen molar-refractivity contribution in [2.75, 3.05) is 0 Å². The lowest BCUT2D eigenvalue weighted by Gasteiger charge is -2.22. The molecule has 1 heterocycles. The summed E-state index contributed by atoms with van der Waals surface area (Å²) >= 11 is 0. The summed E-state index contributed by atoms with van der Waals surface area (Å²) in [7, 11) is 0. The van der Waals surface area contributed by atoms with Gasteiger partial charge in [0.2, 0.25) is 11.8 Å². The van der Waals surface area contributed by atoms with E-state index in [0.717, 1.165) is 18.7 Å². The lowest BCUT2D eigenvalue weighted by molar-refractivity contribution is -0.126. The van der Waals surface area contributed by atoms with Gasteiger partial charge in [0, 0.05) is 17.9 Å². The number of nitrogens with one attached hydrogen (secondary N) is 1. The average Bonchev–Trinajstić information content (AvgIpc) is 3.13. The van der Waals surface area contributed by atoms with E-state index in [-0.39, 0.29) is 42.2 Å². The zero-order valence-corrected chi connectivity index (χ0v) is 13.8. The van der Waals surface area contributed by atoms with Gasteiger partial charge in [-0.05, 0) is 25.7 Å². The van der Waals surface area contributed by atoms with Crippen molar-refractivity contribution in [3.05, 3.63) is 11.7 Å². The van der Waals surface area contributed by atoms with Crippen LogP contribution in [0.3, 0.4) is 0 Å². The first-order valence-electron chi connectivity index (χ1n) is 7.29. The molecule has 1 saturated carbocycles. The standard InChI is InChI=1S/C14H24N4O2.ClH/c1-7(2)11(16-13(19)8(3)9(4)15)14-17-12(18-20-14)10-5-6-10;/h7-11H,5-6,15H2,1-4H3,(H,16,19);1H. The summed E-state index contributed by atoms with van der Waals surface area (Å²) in [6.07, 6.45) is 2.25. The number of hydrogen-bond donors (Lipinski definition) is 2. The second-order valence-electron chi connectivity index (χ2n) is 6.14. The van der Waals surface area contributed by atoms with Gasteiger partial charge in [0.25, 0.3) is 0 Å². The van der Waals surface area contributed by atoms with Crippen LogP contribution in [0, 0.1) is 11.8 Å². The molecule has 3 N–H and O–H groups in total. The molecule has 3 unspecified atom stereocenters. The fourth-order valence-corrected chi connectivity index (χ4v) is 1.92. The third kappa shape index (κ3) is 4.41. The molecule has 1 aromatic heterocycles. The molecule has 1 aliphatic carbocycles. The maximum absolute atomic E-state index is 12.1. The number of aromatic nitrogens is 2. The normalized spacial score (nSPS) is 18.8. The van der Waals surface area contributed by atoms with Crippen molar-refractivity contribution in [1.29, 1.82) is 0 Å². The molecule has 3 atom stereocenters. The van der Waals surface area contributed by atoms with E-state index in [9.17, 15) is 4.79 Å². The molecule has 0 bridgehead atoms. The molecule has 1 aromatic rings. The van der Waals surface area contributed by atoms with Gasteiger partial charge in [0.05, 0.1) is 0 Å². The lowest BCUT2D eigenvalue weighted by atomic mass is 10.00. The first-order valence-corrected chi connectivity index (χ1v) is 7.29. The molecule has 2 rings (SSSR count). The molecular formula is C14H25ClN4O2. The smallest absolute Gasteiger partial charge is 0.249 e. The number of rotatable bonds is 6. The third-order valence-electron chi connectivity index (χ3n) is 3.83. The number of halogens is 1. The molecule has 1 aliphatic rings. The Labute approximate surface area is 131 Å². The number of amides is 1. The Kier molecular flexibility index (Phi) is 6.16. The number of carbonyl (C=O) groups excluding carboxylic acids is 1. The van der Waals surface area contributed by atoms with Crippen LogP contribution in [0.5, 0.6) is 0 Å². The number of nitrogens with zero attached hydrogens (tertiary/aromatic N) is 2. The van der Waals surface area contributed by atoms with Gasteiger partial charge in [0.1, 0.15) is 6.04 Å². The van der Waals surface area contributed by atoms with Gasteiger partial charge in [-0.1, -0.05) is 25.9 Å². The van der Waals surface area contributed by atoms with E-state index in [1.807, 2.05) is 27.7 Å². The van der Waals surface area contributed by atoms with Crippen molar-refractivity contribution < 1.29 is 9.32 Å². The Balaban J connectivity index is 0.00000220. The van der Waals surface area contributed by atoms with Crippen molar-refractivity contribution >= 4 is 18.3 Å². The van der Waals surface area contributed by atoms with Gasteiger partial charge in [-0.2, -0.15) is 4.98 Å². The summed E-state index contributed by atoms with van der Waals surface area (Å²) in [5.41, 5.74) is 5.77. The molecule has 1 amide bonds. The fraction of sp³-hybridized carbons (Fsp3) is 0.786. The molecule has 6 nitrogen and oxygen atoms in total. The topological polar surface area (TPSA) is 94.0 Å². The van der Waals surface area contributed by atoms with Gasteiger partial charge >= 0.3 is 0 Å². The summed E-state index contributed by atoms with van der Waals surface area (Å²) in [4.78, 5) is 16.6. The van der Waals surface area contributed by atoms with Crippen LogP contribution in [0.4, 0.5) is 0 Å². The van der Waals surface area contributed by atoms with E-state index >= 15 is 0 Å². The molecule has 0 aliphatic heterocycles. The van der Waals surface area contributed by atoms with Crippen LogP contribution in [0.2, 0.25) is 0 Å². The van der Waals surface area contributed by atoms with Crippen LogP contribution in [0.25, 0.3) is 0 Å². The van der Waals surface area contributed by atoms with Crippen molar-refractivity contribution in [3.63, 3.8) is 0 Å². The summed E-state index contributed by atoms with van der Waals surface area (Å²) < 4.78 is 5.32. The maximum Gasteiger partial charge on any atom is 0.249 e. The molecule has 1 fully saturated rings. The third-order valence-corrected chi connectivity index (χ3v) is 3.83. The first-order chi connectivity index (χ1) is 9.40. The summed E-state index contributed by atoms with van der Waals surface area (Å²) in [6.45, 7) is 7.68. The molecular weight excluding hydrogens is 292 g/mol. The second-order valence-corrected chi connectivity index (χ2v) is 6.14. The van der Waals surface area contributed by atoms with E-state index in [1.165, 1.54) is 0 Å². The fourth-order valence-electron chi connectivity index (χ4n) is 1.92. The van der Waals surface area contributed by atoms with Crippen LogP contribution in [0.15, 0.2) is 4.52 Å². The van der Waals surface area contributed by atoms with Crippen LogP contribution < -0.4 is 11.1 Å². The van der Waals surface area contributed by atoms with Crippen LogP contribution in [0.1, 0.15) is 64.2 Å². The number of carbonyl (C=O) groups is 1. The molecule has 21 heavy (non-hydrogen) atoms. The van der Waals surface area contributed by atoms with Crippen molar-refractivity contribution in [2.24, 2.45) is 17.6 Å². The molecule has 7 heteroatoms. The number of hydrogen-bond acceptors (Lipinski definition) is 5. The quantitative estimate of drug-likeness (QED) is 0.838. The molecule has 0 spiro atoms. The minimum atomic E-state index is -0.260. The number of nitrogens with two attached hydrogens (primary N) is 1. The minimum Gasteiger partial charge on any atom is -0.344 e. The van der Waals surface area contributed by atoms with Crippen molar-refractivity contribution in [3.8, 4) is 0 Å². The first kappa shape index (κ1) is 17.9. The largest absolute Gasteiger partial charge is 0.344 e. The summed E-state index contributed by atoms with van der Waals surface area (Å²) in [6, 6.07) is -0.448. The highest BCUT2D eigenvalue weighted by molar-refractivity contribution is 5.85. The summed E-state index contributed by atoms with van der Waals surface area (Å²) in [5.74, 6) is 1.55. The zero-order valence-electron chi connectivity index (χ0n) is 13.0. The highest BCUT2D eigenvalue weighted by Crippen LogP contribution is 2.38. The van der Waals surface area contributed by atoms with Gasteiger partial charge in [-0.3, -0.25) is 4.79 Å². The Bertz CT molecular complexity index is 471. The van der Waals surface area contributed by atoms with E-state index in [4.69, 9.17) is 10.3 Å². The van der Waals surface area contributed by atoms with Gasteiger partial charge in [-0.25, -0.2) is 0 Å². The zero-order chi connectivity index (χ0) is 14.9. The Morgan fingerprint density at radius 1 is 1.33 bits per heavy atom. The Morgan fingerprint density at radius 3 is 2.43 bits per heavy atom. The van der Waals surface area contributed by atoms with E-state index < -0.39 is 0 Å². The average molecular weight is 317 g/mol. The minimum absolute atomic E-state index is 0. The molecule has 0 saturated heterocycles. The van der Waals surface area contributed by atoms with E-state index in [2.05, 4.69) is 15.5 Å². The SMILES string of the molecule is CC(C)C(NC(=O)C(C)C(C)N)c1nc(C2CC2)no1.Cl. The van der Waals surface area contributed by atoms with Crippen LogP contribution in [-0.2, 0) is 4.79 Å². The molecule has 120 valence electrons. The second kappa shape index (κ2) is 7.22. The predicted octanol–water partition coefficient (Wildman–Crippen LogP) is 2.17. The van der Waals surface area contributed by atoms with Gasteiger partial charge in [-0.15, -0.1) is 12.4 Å². The molecule has 0 aromatic carbocycles. The van der Waals surface area contributed by atoms with E-state index in [1.54, 1.807) is 0 Å². The molecule has 0 radical (unpaired) electrons. The Morgan fingerprint density at radius 2 is 1.95 bits per heavy atom. The van der Waals surface area contributed by atoms with Crippen LogP contribution >= 0.6 is 12.4 Å². The van der Waals surface area contributed by atoms with Gasteiger partial charge in [0.15, 0.2) is 5.82 Å². The van der Waals surface area contributed by atoms with E-state index in [0.29, 0.717) is 11.8 Å². The van der Waals surface area contributed by atoms with Crippen molar-refractivity contribution in [1.82, 2.24) is 15.5 Å². The van der Waals surface area contributed by atoms with Gasteiger partial charge < -0.3 is 15.6 Å².